The Morgan fingerprint density at radius 3 is 2.34 bits per heavy atom. The van der Waals surface area contributed by atoms with E-state index in [0.29, 0.717) is 31.9 Å². The number of nitrogens with zero attached hydrogens (tertiary/aromatic N) is 2. The third-order valence-corrected chi connectivity index (χ3v) is 6.04. The summed E-state index contributed by atoms with van der Waals surface area (Å²) in [5.41, 5.74) is 2.28. The van der Waals surface area contributed by atoms with Crippen molar-refractivity contribution < 1.29 is 19.1 Å². The number of ether oxygens (including phenoxy) is 1. The minimum atomic E-state index is -0.379. The van der Waals surface area contributed by atoms with E-state index >= 15 is 0 Å². The maximum atomic E-state index is 12.8. The maximum Gasteiger partial charge on any atom is 0.330 e. The van der Waals surface area contributed by atoms with Gasteiger partial charge < -0.3 is 15.0 Å². The largest absolute Gasteiger partial charge is 0.463 e. The van der Waals surface area contributed by atoms with Gasteiger partial charge in [0, 0.05) is 36.5 Å². The first-order chi connectivity index (χ1) is 17.0. The van der Waals surface area contributed by atoms with Gasteiger partial charge >= 0.3 is 5.97 Å². The quantitative estimate of drug-likeness (QED) is 0.410. The van der Waals surface area contributed by atoms with Gasteiger partial charge in [-0.1, -0.05) is 37.3 Å². The zero-order valence-corrected chi connectivity index (χ0v) is 20.6. The zero-order valence-electron chi connectivity index (χ0n) is 20.6. The molecule has 7 nitrogen and oxygen atoms in total. The van der Waals surface area contributed by atoms with Crippen LogP contribution in [0.2, 0.25) is 0 Å². The predicted octanol–water partition coefficient (Wildman–Crippen LogP) is 4.22. The van der Waals surface area contributed by atoms with Crippen LogP contribution in [-0.2, 0) is 14.3 Å². The fourth-order valence-corrected chi connectivity index (χ4v) is 4.29. The van der Waals surface area contributed by atoms with Gasteiger partial charge in [0.25, 0.3) is 5.91 Å². The Hall–Kier alpha value is -3.45. The lowest BCUT2D eigenvalue weighted by Gasteiger charge is -2.38. The fraction of sp³-hybridized carbons (Fsp3) is 0.393. The summed E-state index contributed by atoms with van der Waals surface area (Å²) < 4.78 is 4.88. The molecule has 35 heavy (non-hydrogen) atoms. The van der Waals surface area contributed by atoms with E-state index in [-0.39, 0.29) is 23.8 Å². The van der Waals surface area contributed by atoms with Crippen LogP contribution >= 0.6 is 0 Å². The topological polar surface area (TPSA) is 79.0 Å². The van der Waals surface area contributed by atoms with Crippen molar-refractivity contribution >= 4 is 29.5 Å². The van der Waals surface area contributed by atoms with Gasteiger partial charge in [0.2, 0.25) is 5.91 Å². The average Bonchev–Trinajstić information content (AvgIpc) is 2.88. The standard InChI is InChI=1S/C28H35N3O4/c1-3-18-31(25-16-19-30(20-17-25)28(34)23-8-6-5-7-9-23)21-26(32)29-24-13-10-22(11-14-24)12-15-27(33)35-4-2/h5-15,25H,3-4,16-21H2,1-2H3,(H,29,32)/b15-12+. The molecular weight excluding hydrogens is 442 g/mol. The molecule has 2 aromatic rings. The second kappa shape index (κ2) is 13.4. The molecule has 0 atom stereocenters. The van der Waals surface area contributed by atoms with E-state index in [0.717, 1.165) is 36.9 Å². The summed E-state index contributed by atoms with van der Waals surface area (Å²) >= 11 is 0. The van der Waals surface area contributed by atoms with E-state index in [9.17, 15) is 14.4 Å². The van der Waals surface area contributed by atoms with Crippen molar-refractivity contribution in [1.82, 2.24) is 9.80 Å². The van der Waals surface area contributed by atoms with Crippen LogP contribution in [0.4, 0.5) is 5.69 Å². The van der Waals surface area contributed by atoms with Gasteiger partial charge in [-0.2, -0.15) is 0 Å². The van der Waals surface area contributed by atoms with Gasteiger partial charge in [0.1, 0.15) is 0 Å². The van der Waals surface area contributed by atoms with Gasteiger partial charge in [-0.25, -0.2) is 4.79 Å². The first kappa shape index (κ1) is 26.2. The van der Waals surface area contributed by atoms with E-state index in [1.54, 1.807) is 13.0 Å². The van der Waals surface area contributed by atoms with Crippen LogP contribution in [-0.4, -0.2) is 66.4 Å². The van der Waals surface area contributed by atoms with Crippen LogP contribution in [0.15, 0.2) is 60.7 Å². The summed E-state index contributed by atoms with van der Waals surface area (Å²) in [5, 5.41) is 2.97. The molecule has 1 aliphatic heterocycles. The molecule has 1 heterocycles. The Kier molecular flexibility index (Phi) is 10.0. The molecular formula is C28H35N3O4. The predicted molar refractivity (Wildman–Crippen MR) is 138 cm³/mol. The Balaban J connectivity index is 1.50. The van der Waals surface area contributed by atoms with Crippen molar-refractivity contribution in [2.45, 2.75) is 39.2 Å². The fourth-order valence-electron chi connectivity index (χ4n) is 4.29. The molecule has 7 heteroatoms. The number of likely N-dealkylation sites (tertiary alicyclic amines) is 1. The third-order valence-electron chi connectivity index (χ3n) is 6.04. The molecule has 1 aliphatic rings. The highest BCUT2D eigenvalue weighted by Gasteiger charge is 2.28. The highest BCUT2D eigenvalue weighted by atomic mass is 16.5. The minimum absolute atomic E-state index is 0.0592. The third kappa shape index (κ3) is 8.07. The van der Waals surface area contributed by atoms with Crippen LogP contribution in [0, 0.1) is 0 Å². The number of anilines is 1. The smallest absolute Gasteiger partial charge is 0.330 e. The van der Waals surface area contributed by atoms with Crippen LogP contribution in [0.3, 0.4) is 0 Å². The highest BCUT2D eigenvalue weighted by Crippen LogP contribution is 2.19. The zero-order chi connectivity index (χ0) is 25.0. The summed E-state index contributed by atoms with van der Waals surface area (Å²) in [5.74, 6) is -0.364. The molecule has 1 N–H and O–H groups in total. The summed E-state index contributed by atoms with van der Waals surface area (Å²) in [6, 6.07) is 17.0. The Bertz CT molecular complexity index is 997. The van der Waals surface area contributed by atoms with E-state index < -0.39 is 0 Å². The molecule has 0 saturated carbocycles. The lowest BCUT2D eigenvalue weighted by molar-refractivity contribution is -0.137. The molecule has 3 rings (SSSR count). The molecule has 0 radical (unpaired) electrons. The highest BCUT2D eigenvalue weighted by molar-refractivity contribution is 5.94. The number of piperidine rings is 1. The van der Waals surface area contributed by atoms with Gasteiger partial charge in [-0.3, -0.25) is 14.5 Å². The van der Waals surface area contributed by atoms with Crippen LogP contribution < -0.4 is 5.32 Å². The molecule has 1 saturated heterocycles. The van der Waals surface area contributed by atoms with E-state index in [2.05, 4.69) is 17.1 Å². The van der Waals surface area contributed by atoms with Crippen LogP contribution in [0.5, 0.6) is 0 Å². The number of benzene rings is 2. The molecule has 186 valence electrons. The molecule has 0 unspecified atom stereocenters. The first-order valence-electron chi connectivity index (χ1n) is 12.3. The van der Waals surface area contributed by atoms with Gasteiger partial charge in [0.15, 0.2) is 0 Å². The number of hydrogen-bond donors (Lipinski definition) is 1. The second-order valence-electron chi connectivity index (χ2n) is 8.62. The van der Waals surface area contributed by atoms with Crippen molar-refractivity contribution in [2.24, 2.45) is 0 Å². The number of hydrogen-bond acceptors (Lipinski definition) is 5. The Morgan fingerprint density at radius 1 is 1.03 bits per heavy atom. The first-order valence-corrected chi connectivity index (χ1v) is 12.3. The lowest BCUT2D eigenvalue weighted by Crippen LogP contribution is -2.49. The summed E-state index contributed by atoms with van der Waals surface area (Å²) in [7, 11) is 0. The van der Waals surface area contributed by atoms with E-state index in [4.69, 9.17) is 4.74 Å². The summed E-state index contributed by atoms with van der Waals surface area (Å²) in [6.07, 6.45) is 5.73. The van der Waals surface area contributed by atoms with Crippen molar-refractivity contribution in [3.05, 3.63) is 71.8 Å². The molecule has 0 aliphatic carbocycles. The van der Waals surface area contributed by atoms with Crippen LogP contribution in [0.1, 0.15) is 49.0 Å². The van der Waals surface area contributed by atoms with Crippen LogP contribution in [0.25, 0.3) is 6.08 Å². The van der Waals surface area contributed by atoms with Gasteiger partial charge in [-0.05, 0) is 68.6 Å². The van der Waals surface area contributed by atoms with Gasteiger partial charge in [-0.15, -0.1) is 0 Å². The molecule has 0 aromatic heterocycles. The number of rotatable bonds is 10. The average molecular weight is 478 g/mol. The lowest BCUT2D eigenvalue weighted by atomic mass is 10.0. The molecule has 2 aromatic carbocycles. The van der Waals surface area contributed by atoms with Crippen molar-refractivity contribution in [1.29, 1.82) is 0 Å². The molecule has 0 bridgehead atoms. The monoisotopic (exact) mass is 477 g/mol. The number of amides is 2. The molecule has 1 fully saturated rings. The SMILES string of the molecule is CCCN(CC(=O)Nc1ccc(/C=C/C(=O)OCC)cc1)C1CCN(C(=O)c2ccccc2)CC1. The summed E-state index contributed by atoms with van der Waals surface area (Å²) in [4.78, 5) is 41.1. The molecule has 2 amide bonds. The number of carbonyl (C=O) groups excluding carboxylic acids is 3. The van der Waals surface area contributed by atoms with E-state index in [1.165, 1.54) is 6.08 Å². The number of carbonyl (C=O) groups is 3. The van der Waals surface area contributed by atoms with Crippen molar-refractivity contribution in [3.63, 3.8) is 0 Å². The normalized spacial score (nSPS) is 14.3. The molecule has 0 spiro atoms. The number of esters is 1. The van der Waals surface area contributed by atoms with E-state index in [1.807, 2.05) is 59.5 Å². The number of nitrogens with one attached hydrogen (secondary N) is 1. The maximum absolute atomic E-state index is 12.8. The van der Waals surface area contributed by atoms with Crippen molar-refractivity contribution in [2.75, 3.05) is 38.1 Å². The second-order valence-corrected chi connectivity index (χ2v) is 8.62. The Morgan fingerprint density at radius 2 is 1.71 bits per heavy atom. The summed E-state index contributed by atoms with van der Waals surface area (Å²) in [6.45, 7) is 6.76. The van der Waals surface area contributed by atoms with Gasteiger partial charge in [0.05, 0.1) is 13.2 Å². The minimum Gasteiger partial charge on any atom is -0.463 e. The van der Waals surface area contributed by atoms with Crippen molar-refractivity contribution in [3.8, 4) is 0 Å². The Labute approximate surface area is 207 Å².